The van der Waals surface area contributed by atoms with Crippen LogP contribution in [0.15, 0.2) is 47.4 Å². The molecule has 176 valence electrons. The van der Waals surface area contributed by atoms with Crippen molar-refractivity contribution in [1.82, 2.24) is 4.31 Å². The molecule has 4 rings (SSSR count). The Morgan fingerprint density at radius 2 is 1.88 bits per heavy atom. The number of sulfonamides is 1. The summed E-state index contributed by atoms with van der Waals surface area (Å²) in [5, 5.41) is 2.94. The van der Waals surface area contributed by atoms with Crippen molar-refractivity contribution in [2.75, 3.05) is 29.9 Å². The lowest BCUT2D eigenvalue weighted by molar-refractivity contribution is -0.121. The maximum absolute atomic E-state index is 13.1. The largest absolute Gasteiger partial charge is 0.326 e. The summed E-state index contributed by atoms with van der Waals surface area (Å²) >= 11 is 0. The number of hydrogen-bond acceptors (Lipinski definition) is 4. The van der Waals surface area contributed by atoms with Gasteiger partial charge in [0.2, 0.25) is 21.8 Å². The average molecular weight is 470 g/mol. The Morgan fingerprint density at radius 3 is 2.64 bits per heavy atom. The van der Waals surface area contributed by atoms with Crippen LogP contribution < -0.4 is 10.2 Å². The number of benzene rings is 2. The number of anilines is 2. The average Bonchev–Trinajstić information content (AvgIpc) is 2.82. The van der Waals surface area contributed by atoms with E-state index in [1.165, 1.54) is 4.31 Å². The van der Waals surface area contributed by atoms with Crippen LogP contribution in [0.1, 0.15) is 44.2 Å². The van der Waals surface area contributed by atoms with Crippen molar-refractivity contribution in [1.29, 1.82) is 0 Å². The highest BCUT2D eigenvalue weighted by molar-refractivity contribution is 7.89. The molecule has 0 saturated heterocycles. The van der Waals surface area contributed by atoms with Gasteiger partial charge in [0, 0.05) is 43.3 Å². The fourth-order valence-electron chi connectivity index (χ4n) is 4.78. The molecule has 0 radical (unpaired) electrons. The van der Waals surface area contributed by atoms with E-state index in [9.17, 15) is 18.0 Å². The highest BCUT2D eigenvalue weighted by atomic mass is 32.2. The predicted molar refractivity (Wildman–Crippen MR) is 129 cm³/mol. The number of amides is 2. The number of carbonyl (C=O) groups excluding carboxylic acids is 2. The summed E-state index contributed by atoms with van der Waals surface area (Å²) in [7, 11) is -3.54. The lowest BCUT2D eigenvalue weighted by Gasteiger charge is -2.31. The maximum atomic E-state index is 13.1. The smallest absolute Gasteiger partial charge is 0.243 e. The van der Waals surface area contributed by atoms with Gasteiger partial charge in [0.25, 0.3) is 0 Å². The third-order valence-electron chi connectivity index (χ3n) is 6.63. The number of nitrogens with zero attached hydrogens (tertiary/aromatic N) is 2. The third-order valence-corrected chi connectivity index (χ3v) is 8.68. The first-order valence-corrected chi connectivity index (χ1v) is 13.1. The first-order valence-electron chi connectivity index (χ1n) is 11.7. The second kappa shape index (κ2) is 9.65. The number of nitrogens with one attached hydrogen (secondary N) is 1. The molecule has 2 heterocycles. The van der Waals surface area contributed by atoms with Gasteiger partial charge >= 0.3 is 0 Å². The van der Waals surface area contributed by atoms with E-state index in [4.69, 9.17) is 0 Å². The zero-order chi connectivity index (χ0) is 23.6. The van der Waals surface area contributed by atoms with Gasteiger partial charge in [0.15, 0.2) is 0 Å². The summed E-state index contributed by atoms with van der Waals surface area (Å²) < 4.78 is 27.2. The summed E-state index contributed by atoms with van der Waals surface area (Å²) in [6.45, 7) is 5.09. The molecule has 7 nitrogen and oxygen atoms in total. The first-order chi connectivity index (χ1) is 15.8. The van der Waals surface area contributed by atoms with Gasteiger partial charge in [-0.3, -0.25) is 9.59 Å². The topological polar surface area (TPSA) is 86.8 Å². The van der Waals surface area contributed by atoms with Crippen LogP contribution in [0.25, 0.3) is 0 Å². The van der Waals surface area contributed by atoms with Crippen LogP contribution in [0.4, 0.5) is 11.4 Å². The highest BCUT2D eigenvalue weighted by Gasteiger charge is 2.30. The molecule has 0 spiro atoms. The Labute approximate surface area is 195 Å². The lowest BCUT2D eigenvalue weighted by Crippen LogP contribution is -2.37. The number of hydrogen-bond donors (Lipinski definition) is 1. The van der Waals surface area contributed by atoms with Crippen molar-refractivity contribution < 1.29 is 18.0 Å². The number of fused-ring (bicyclic) bond motifs is 2. The number of aryl methyl sites for hydroxylation is 1. The van der Waals surface area contributed by atoms with Crippen molar-refractivity contribution in [2.45, 2.75) is 50.8 Å². The number of carbonyl (C=O) groups is 2. The summed E-state index contributed by atoms with van der Waals surface area (Å²) in [6, 6.07) is 12.8. The van der Waals surface area contributed by atoms with Gasteiger partial charge in [-0.25, -0.2) is 8.42 Å². The molecular formula is C25H31N3O4S. The quantitative estimate of drug-likeness (QED) is 0.671. The molecule has 0 aromatic heterocycles. The molecule has 1 atom stereocenters. The minimum atomic E-state index is -3.54. The molecule has 8 heteroatoms. The molecule has 2 aromatic carbocycles. The molecule has 0 aliphatic carbocycles. The van der Waals surface area contributed by atoms with E-state index < -0.39 is 10.0 Å². The van der Waals surface area contributed by atoms with Crippen molar-refractivity contribution in [3.63, 3.8) is 0 Å². The molecule has 2 amide bonds. The van der Waals surface area contributed by atoms with Gasteiger partial charge in [0.1, 0.15) is 0 Å². The summed E-state index contributed by atoms with van der Waals surface area (Å²) in [4.78, 5) is 27.6. The maximum Gasteiger partial charge on any atom is 0.243 e. The minimum Gasteiger partial charge on any atom is -0.326 e. The Morgan fingerprint density at radius 1 is 1.12 bits per heavy atom. The van der Waals surface area contributed by atoms with Crippen molar-refractivity contribution in [3.05, 3.63) is 53.6 Å². The van der Waals surface area contributed by atoms with Crippen LogP contribution in [0.5, 0.6) is 0 Å². The van der Waals surface area contributed by atoms with Crippen molar-refractivity contribution in [3.8, 4) is 0 Å². The van der Waals surface area contributed by atoms with E-state index in [1.54, 1.807) is 23.1 Å². The van der Waals surface area contributed by atoms with Gasteiger partial charge in [-0.1, -0.05) is 32.0 Å². The lowest BCUT2D eigenvalue weighted by atomic mass is 9.89. The van der Waals surface area contributed by atoms with E-state index in [-0.39, 0.29) is 29.0 Å². The minimum absolute atomic E-state index is 0.0260. The predicted octanol–water partition coefficient (Wildman–Crippen LogP) is 3.59. The Hall–Kier alpha value is -2.71. The van der Waals surface area contributed by atoms with Gasteiger partial charge in [-0.15, -0.1) is 0 Å². The second-order valence-corrected chi connectivity index (χ2v) is 10.6. The van der Waals surface area contributed by atoms with Crippen LogP contribution in [0.2, 0.25) is 0 Å². The fourth-order valence-corrected chi connectivity index (χ4v) is 6.29. The summed E-state index contributed by atoms with van der Waals surface area (Å²) in [6.07, 6.45) is 2.92. The van der Waals surface area contributed by atoms with Crippen molar-refractivity contribution in [2.24, 2.45) is 5.92 Å². The Bertz CT molecular complexity index is 1160. The summed E-state index contributed by atoms with van der Waals surface area (Å²) in [5.41, 5.74) is 3.61. The van der Waals surface area contributed by atoms with Crippen LogP contribution in [-0.4, -0.2) is 44.2 Å². The van der Waals surface area contributed by atoms with Gasteiger partial charge < -0.3 is 10.2 Å². The number of rotatable bonds is 7. The third kappa shape index (κ3) is 4.68. The van der Waals surface area contributed by atoms with E-state index in [0.717, 1.165) is 35.3 Å². The van der Waals surface area contributed by atoms with Crippen LogP contribution in [0, 0.1) is 5.92 Å². The van der Waals surface area contributed by atoms with Gasteiger partial charge in [0.05, 0.1) is 4.90 Å². The molecule has 2 aromatic rings. The van der Waals surface area contributed by atoms with E-state index >= 15 is 0 Å². The Balaban J connectivity index is 1.47. The monoisotopic (exact) mass is 469 g/mol. The summed E-state index contributed by atoms with van der Waals surface area (Å²) in [5.74, 6) is -0.288. The molecule has 1 unspecified atom stereocenters. The van der Waals surface area contributed by atoms with Crippen LogP contribution >= 0.6 is 0 Å². The second-order valence-electron chi connectivity index (χ2n) is 8.61. The molecule has 2 aliphatic rings. The standard InChI is InChI=1S/C25H31N3O4S/c1-3-27(4-2)33(31,32)21-12-13-23-19(17-21)9-7-15-28(23)24(29)14-11-20-16-18-8-5-6-10-22(18)26-25(20)30/h5-6,8,10,12-13,17,20H,3-4,7,9,11,14-16H2,1-2H3,(H,26,30). The van der Waals surface area contributed by atoms with Gasteiger partial charge in [-0.2, -0.15) is 4.31 Å². The molecule has 33 heavy (non-hydrogen) atoms. The van der Waals surface area contributed by atoms with Gasteiger partial charge in [-0.05, 0) is 61.1 Å². The van der Waals surface area contributed by atoms with E-state index in [2.05, 4.69) is 5.32 Å². The highest BCUT2D eigenvalue weighted by Crippen LogP contribution is 2.32. The van der Waals surface area contributed by atoms with Crippen LogP contribution in [-0.2, 0) is 32.5 Å². The zero-order valence-electron chi connectivity index (χ0n) is 19.2. The Kier molecular flexibility index (Phi) is 6.86. The zero-order valence-corrected chi connectivity index (χ0v) is 20.0. The molecule has 0 bridgehead atoms. The number of para-hydroxylation sites is 1. The molecule has 1 N–H and O–H groups in total. The first kappa shape index (κ1) is 23.4. The van der Waals surface area contributed by atoms with E-state index in [1.807, 2.05) is 38.1 Å². The fraction of sp³-hybridized carbons (Fsp3) is 0.440. The molecule has 0 fully saturated rings. The van der Waals surface area contributed by atoms with Crippen molar-refractivity contribution >= 4 is 33.2 Å². The SMILES string of the molecule is CCN(CC)S(=O)(=O)c1ccc2c(c1)CCCN2C(=O)CCC1Cc2ccccc2NC1=O. The van der Waals surface area contributed by atoms with E-state index in [0.29, 0.717) is 32.5 Å². The molecule has 2 aliphatic heterocycles. The normalized spacial score (nSPS) is 18.0. The molecule has 0 saturated carbocycles. The van der Waals surface area contributed by atoms with Crippen LogP contribution in [0.3, 0.4) is 0 Å². The molecular weight excluding hydrogens is 438 g/mol.